The van der Waals surface area contributed by atoms with Gasteiger partial charge in [0, 0.05) is 23.9 Å². The molecule has 0 radical (unpaired) electrons. The number of benzene rings is 1. The summed E-state index contributed by atoms with van der Waals surface area (Å²) in [5.41, 5.74) is 3.86. The van der Waals surface area contributed by atoms with E-state index in [4.69, 9.17) is 4.42 Å². The number of nitrogens with zero attached hydrogens (tertiary/aromatic N) is 2. The maximum Gasteiger partial charge on any atom is 0.276 e. The van der Waals surface area contributed by atoms with Crippen LogP contribution in [0.15, 0.2) is 41.0 Å². The molecule has 1 aromatic carbocycles. The molecular formula is C27H33N3O3. The molecule has 6 heteroatoms. The van der Waals surface area contributed by atoms with Crippen LogP contribution in [0.25, 0.3) is 11.1 Å². The van der Waals surface area contributed by atoms with Crippen molar-refractivity contribution in [2.24, 2.45) is 11.8 Å². The summed E-state index contributed by atoms with van der Waals surface area (Å²) in [7, 11) is 0. The largest absolute Gasteiger partial charge is 0.463 e. The van der Waals surface area contributed by atoms with Crippen molar-refractivity contribution in [3.05, 3.63) is 53.4 Å². The van der Waals surface area contributed by atoms with Crippen molar-refractivity contribution in [1.82, 2.24) is 9.88 Å². The van der Waals surface area contributed by atoms with Gasteiger partial charge in [0.15, 0.2) is 5.58 Å². The monoisotopic (exact) mass is 447 g/mol. The van der Waals surface area contributed by atoms with Gasteiger partial charge in [-0.1, -0.05) is 44.4 Å². The average molecular weight is 448 g/mol. The number of aryl methyl sites for hydroxylation is 2. The van der Waals surface area contributed by atoms with Crippen molar-refractivity contribution in [2.45, 2.75) is 72.0 Å². The Labute approximate surface area is 194 Å². The number of amides is 2. The Kier molecular flexibility index (Phi) is 5.15. The number of hydrogen-bond acceptors (Lipinski definition) is 3. The van der Waals surface area contributed by atoms with Crippen LogP contribution in [0.4, 0.5) is 5.69 Å². The lowest BCUT2D eigenvalue weighted by Crippen LogP contribution is -2.66. The van der Waals surface area contributed by atoms with E-state index >= 15 is 0 Å². The molecule has 6 nitrogen and oxygen atoms in total. The van der Waals surface area contributed by atoms with Gasteiger partial charge in [0.2, 0.25) is 5.91 Å². The minimum Gasteiger partial charge on any atom is -0.463 e. The minimum atomic E-state index is -1.08. The van der Waals surface area contributed by atoms with Crippen molar-refractivity contribution < 1.29 is 14.0 Å². The number of hydrogen-bond donors (Lipinski definition) is 1. The lowest BCUT2D eigenvalue weighted by molar-refractivity contribution is -0.128. The second-order valence-electron chi connectivity index (χ2n) is 10.3. The van der Waals surface area contributed by atoms with E-state index in [1.165, 1.54) is 6.42 Å². The van der Waals surface area contributed by atoms with Gasteiger partial charge in [0.25, 0.3) is 5.91 Å². The molecule has 1 fully saturated rings. The zero-order chi connectivity index (χ0) is 23.5. The topological polar surface area (TPSA) is 67.5 Å². The molecule has 3 heterocycles. The highest BCUT2D eigenvalue weighted by Crippen LogP contribution is 2.38. The number of fused-ring (bicyclic) bond motifs is 3. The second kappa shape index (κ2) is 7.79. The van der Waals surface area contributed by atoms with Crippen molar-refractivity contribution >= 4 is 28.6 Å². The Morgan fingerprint density at radius 2 is 1.94 bits per heavy atom. The number of carbonyl (C=O) groups excluding carboxylic acids is 2. The number of anilines is 1. The third-order valence-corrected chi connectivity index (χ3v) is 8.01. The molecule has 0 spiro atoms. The summed E-state index contributed by atoms with van der Waals surface area (Å²) in [5, 5.41) is 3.36. The summed E-state index contributed by atoms with van der Waals surface area (Å²) >= 11 is 0. The Morgan fingerprint density at radius 3 is 2.70 bits per heavy atom. The quantitative estimate of drug-likeness (QED) is 0.599. The van der Waals surface area contributed by atoms with Crippen LogP contribution in [0.2, 0.25) is 0 Å². The summed E-state index contributed by atoms with van der Waals surface area (Å²) in [6.45, 7) is 10.8. The fourth-order valence-corrected chi connectivity index (χ4v) is 5.76. The third kappa shape index (κ3) is 3.38. The van der Waals surface area contributed by atoms with E-state index in [-0.39, 0.29) is 17.9 Å². The summed E-state index contributed by atoms with van der Waals surface area (Å²) in [6.07, 6.45) is 4.92. The van der Waals surface area contributed by atoms with Crippen LogP contribution in [-0.4, -0.2) is 28.0 Å². The SMILES string of the molecule is Cc1ccc(N2C(=O)c3cc4occc4n3C[C@]2(C)C(=O)N[C@@H]2CCC[C@H](C)[C@H]2C)c(C)c1. The van der Waals surface area contributed by atoms with Gasteiger partial charge in [0.1, 0.15) is 11.2 Å². The maximum atomic E-state index is 14.0. The highest BCUT2D eigenvalue weighted by molar-refractivity contribution is 6.14. The van der Waals surface area contributed by atoms with Gasteiger partial charge in [-0.15, -0.1) is 0 Å². The number of carbonyl (C=O) groups is 2. The van der Waals surface area contributed by atoms with Crippen molar-refractivity contribution in [3.8, 4) is 0 Å². The first-order valence-electron chi connectivity index (χ1n) is 12.0. The molecule has 174 valence electrons. The fraction of sp³-hybridized carbons (Fsp3) is 0.481. The second-order valence-corrected chi connectivity index (χ2v) is 10.3. The normalized spacial score (nSPS) is 27.6. The van der Waals surface area contributed by atoms with Gasteiger partial charge in [-0.05, 0) is 50.7 Å². The van der Waals surface area contributed by atoms with Gasteiger partial charge in [-0.3, -0.25) is 14.5 Å². The summed E-state index contributed by atoms with van der Waals surface area (Å²) in [4.78, 5) is 29.7. The van der Waals surface area contributed by atoms with Crippen LogP contribution >= 0.6 is 0 Å². The molecule has 3 aromatic rings. The van der Waals surface area contributed by atoms with Gasteiger partial charge in [0.05, 0.1) is 18.3 Å². The standard InChI is InChI=1S/C27H33N3O3/c1-16-9-10-21(18(3)13-16)30-25(31)23-14-24-22(11-12-33-24)29(23)15-27(30,5)26(32)28-20-8-6-7-17(2)19(20)4/h9-14,17,19-20H,6-8,15H2,1-5H3,(H,28,32)/t17-,19+,20+,27+/m0/s1. The molecule has 5 rings (SSSR count). The van der Waals surface area contributed by atoms with Crippen LogP contribution in [0.5, 0.6) is 0 Å². The van der Waals surface area contributed by atoms with Crippen molar-refractivity contribution in [3.63, 3.8) is 0 Å². The molecule has 1 saturated carbocycles. The predicted molar refractivity (Wildman–Crippen MR) is 129 cm³/mol. The maximum absolute atomic E-state index is 14.0. The molecule has 33 heavy (non-hydrogen) atoms. The Morgan fingerprint density at radius 1 is 1.15 bits per heavy atom. The first kappa shape index (κ1) is 21.8. The number of nitrogens with one attached hydrogen (secondary N) is 1. The Hall–Kier alpha value is -3.02. The number of aromatic nitrogens is 1. The lowest BCUT2D eigenvalue weighted by Gasteiger charge is -2.46. The van der Waals surface area contributed by atoms with Gasteiger partial charge in [-0.25, -0.2) is 0 Å². The van der Waals surface area contributed by atoms with Crippen LogP contribution in [0.3, 0.4) is 0 Å². The van der Waals surface area contributed by atoms with E-state index in [9.17, 15) is 9.59 Å². The number of furan rings is 1. The highest BCUT2D eigenvalue weighted by Gasteiger charge is 2.50. The van der Waals surface area contributed by atoms with E-state index in [2.05, 4.69) is 25.2 Å². The molecule has 1 aliphatic carbocycles. The van der Waals surface area contributed by atoms with Gasteiger partial charge < -0.3 is 14.3 Å². The zero-order valence-electron chi connectivity index (χ0n) is 20.1. The molecule has 2 aliphatic rings. The van der Waals surface area contributed by atoms with E-state index in [1.807, 2.05) is 43.5 Å². The van der Waals surface area contributed by atoms with E-state index in [0.29, 0.717) is 29.7 Å². The molecule has 1 N–H and O–H groups in total. The Balaban J connectivity index is 1.60. The minimum absolute atomic E-state index is 0.0993. The molecular weight excluding hydrogens is 414 g/mol. The molecule has 2 aromatic heterocycles. The van der Waals surface area contributed by atoms with E-state index in [1.54, 1.807) is 17.2 Å². The van der Waals surface area contributed by atoms with Crippen molar-refractivity contribution in [2.75, 3.05) is 4.90 Å². The van der Waals surface area contributed by atoms with E-state index < -0.39 is 5.54 Å². The third-order valence-electron chi connectivity index (χ3n) is 8.01. The first-order valence-corrected chi connectivity index (χ1v) is 12.0. The molecule has 0 saturated heterocycles. The Bertz CT molecular complexity index is 1240. The van der Waals surface area contributed by atoms with Crippen LogP contribution in [-0.2, 0) is 11.3 Å². The summed E-state index contributed by atoms with van der Waals surface area (Å²) < 4.78 is 7.52. The van der Waals surface area contributed by atoms with Crippen LogP contribution in [0.1, 0.15) is 61.6 Å². The van der Waals surface area contributed by atoms with Crippen LogP contribution in [0, 0.1) is 25.7 Å². The lowest BCUT2D eigenvalue weighted by atomic mass is 9.77. The first-order chi connectivity index (χ1) is 15.7. The molecule has 2 amide bonds. The summed E-state index contributed by atoms with van der Waals surface area (Å²) in [6, 6.07) is 9.79. The summed E-state index contributed by atoms with van der Waals surface area (Å²) in [5.74, 6) is 0.699. The average Bonchev–Trinajstić information content (AvgIpc) is 3.35. The predicted octanol–water partition coefficient (Wildman–Crippen LogP) is 5.21. The van der Waals surface area contributed by atoms with E-state index in [0.717, 1.165) is 35.2 Å². The van der Waals surface area contributed by atoms with Gasteiger partial charge >= 0.3 is 0 Å². The van der Waals surface area contributed by atoms with Crippen LogP contribution < -0.4 is 10.2 Å². The zero-order valence-corrected chi connectivity index (χ0v) is 20.1. The fourth-order valence-electron chi connectivity index (χ4n) is 5.76. The molecule has 4 atom stereocenters. The van der Waals surface area contributed by atoms with Gasteiger partial charge in [-0.2, -0.15) is 0 Å². The molecule has 1 aliphatic heterocycles. The molecule has 0 bridgehead atoms. The number of rotatable bonds is 3. The molecule has 0 unspecified atom stereocenters. The van der Waals surface area contributed by atoms with Crippen molar-refractivity contribution in [1.29, 1.82) is 0 Å². The smallest absolute Gasteiger partial charge is 0.276 e. The highest BCUT2D eigenvalue weighted by atomic mass is 16.3.